The van der Waals surface area contributed by atoms with Crippen LogP contribution in [-0.4, -0.2) is 64.0 Å². The largest absolute Gasteiger partial charge is 0.401 e. The molecule has 0 spiro atoms. The van der Waals surface area contributed by atoms with Gasteiger partial charge in [0.1, 0.15) is 0 Å². The Morgan fingerprint density at radius 3 is 2.64 bits per heavy atom. The van der Waals surface area contributed by atoms with Crippen LogP contribution in [0.15, 0.2) is 6.07 Å². The Morgan fingerprint density at radius 1 is 1.45 bits per heavy atom. The van der Waals surface area contributed by atoms with Gasteiger partial charge in [0.25, 0.3) is 0 Å². The quantitative estimate of drug-likeness (QED) is 0.905. The van der Waals surface area contributed by atoms with Crippen LogP contribution in [0.4, 0.5) is 23.8 Å². The zero-order chi connectivity index (χ0) is 16.5. The average molecular weight is 319 g/mol. The second-order valence-corrected chi connectivity index (χ2v) is 5.61. The van der Waals surface area contributed by atoms with Gasteiger partial charge in [-0.15, -0.1) is 0 Å². The SMILES string of the molecule is Cc1cc(NC(=O)N2CCN(CC(F)(F)F)[C@H](C)C2)nn1C. The minimum atomic E-state index is -4.22. The first kappa shape index (κ1) is 16.6. The molecule has 1 fully saturated rings. The summed E-state index contributed by atoms with van der Waals surface area (Å²) in [4.78, 5) is 15.0. The van der Waals surface area contributed by atoms with Crippen LogP contribution in [0.5, 0.6) is 0 Å². The van der Waals surface area contributed by atoms with Crippen molar-refractivity contribution >= 4 is 11.8 Å². The summed E-state index contributed by atoms with van der Waals surface area (Å²) >= 11 is 0. The third-order valence-corrected chi connectivity index (χ3v) is 3.78. The summed E-state index contributed by atoms with van der Waals surface area (Å²) in [6, 6.07) is 1.06. The van der Waals surface area contributed by atoms with Gasteiger partial charge in [-0.25, -0.2) is 4.79 Å². The van der Waals surface area contributed by atoms with Crippen LogP contribution in [0.3, 0.4) is 0 Å². The van der Waals surface area contributed by atoms with Gasteiger partial charge in [0, 0.05) is 44.5 Å². The van der Waals surface area contributed by atoms with E-state index in [1.165, 1.54) is 9.80 Å². The van der Waals surface area contributed by atoms with Gasteiger partial charge in [-0.05, 0) is 13.8 Å². The van der Waals surface area contributed by atoms with Crippen molar-refractivity contribution in [2.24, 2.45) is 7.05 Å². The molecule has 0 aromatic carbocycles. The maximum atomic E-state index is 12.5. The molecule has 124 valence electrons. The number of urea groups is 1. The standard InChI is InChI=1S/C13H20F3N5O/c1-9-6-11(18-19(9)3)17-12(22)20-4-5-21(10(2)7-20)8-13(14,15)16/h6,10H,4-5,7-8H2,1-3H3,(H,17,18,22)/t10-/m1/s1. The van der Waals surface area contributed by atoms with Crippen LogP contribution < -0.4 is 5.32 Å². The second-order valence-electron chi connectivity index (χ2n) is 5.61. The minimum absolute atomic E-state index is 0.204. The molecule has 6 nitrogen and oxygen atoms in total. The zero-order valence-electron chi connectivity index (χ0n) is 12.8. The van der Waals surface area contributed by atoms with Gasteiger partial charge in [0.2, 0.25) is 0 Å². The summed E-state index contributed by atoms with van der Waals surface area (Å²) in [7, 11) is 1.77. The normalized spacial score (nSPS) is 20.3. The number of halogens is 3. The number of carbonyl (C=O) groups is 1. The Hall–Kier alpha value is -1.77. The van der Waals surface area contributed by atoms with E-state index < -0.39 is 12.7 Å². The summed E-state index contributed by atoms with van der Waals surface area (Å²) in [6.07, 6.45) is -4.22. The molecule has 9 heteroatoms. The molecule has 2 rings (SSSR count). The van der Waals surface area contributed by atoms with Gasteiger partial charge in [0.05, 0.1) is 6.54 Å². The van der Waals surface area contributed by atoms with Crippen molar-refractivity contribution in [3.63, 3.8) is 0 Å². The van der Waals surface area contributed by atoms with Crippen LogP contribution >= 0.6 is 0 Å². The predicted octanol–water partition coefficient (Wildman–Crippen LogP) is 1.83. The molecule has 0 saturated carbocycles. The highest BCUT2D eigenvalue weighted by molar-refractivity contribution is 5.88. The molecule has 0 unspecified atom stereocenters. The van der Waals surface area contributed by atoms with Crippen LogP contribution in [-0.2, 0) is 7.05 Å². The monoisotopic (exact) mass is 319 g/mol. The number of nitrogens with zero attached hydrogens (tertiary/aromatic N) is 4. The van der Waals surface area contributed by atoms with E-state index >= 15 is 0 Å². The Morgan fingerprint density at radius 2 is 2.14 bits per heavy atom. The van der Waals surface area contributed by atoms with Gasteiger partial charge in [0.15, 0.2) is 5.82 Å². The fourth-order valence-corrected chi connectivity index (χ4v) is 2.46. The van der Waals surface area contributed by atoms with Gasteiger partial charge >= 0.3 is 12.2 Å². The molecule has 1 aromatic rings. The Labute approximate surface area is 126 Å². The molecule has 1 aromatic heterocycles. The highest BCUT2D eigenvalue weighted by Crippen LogP contribution is 2.20. The first-order valence-electron chi connectivity index (χ1n) is 7.03. The summed E-state index contributed by atoms with van der Waals surface area (Å²) in [6.45, 7) is 3.33. The van der Waals surface area contributed by atoms with Crippen molar-refractivity contribution in [2.75, 3.05) is 31.5 Å². The fraction of sp³-hybridized carbons (Fsp3) is 0.692. The number of rotatable bonds is 2. The number of aryl methyl sites for hydroxylation is 2. The Bertz CT molecular complexity index is 523. The molecule has 1 aliphatic rings. The van der Waals surface area contributed by atoms with Gasteiger partial charge in [-0.3, -0.25) is 14.9 Å². The van der Waals surface area contributed by atoms with E-state index in [4.69, 9.17) is 0 Å². The number of amides is 2. The molecule has 0 aliphatic carbocycles. The number of alkyl halides is 3. The van der Waals surface area contributed by atoms with Gasteiger partial charge < -0.3 is 4.90 Å². The van der Waals surface area contributed by atoms with Crippen molar-refractivity contribution < 1.29 is 18.0 Å². The predicted molar refractivity (Wildman–Crippen MR) is 75.6 cm³/mol. The lowest BCUT2D eigenvalue weighted by atomic mass is 10.2. The molecule has 0 radical (unpaired) electrons. The molecular weight excluding hydrogens is 299 g/mol. The van der Waals surface area contributed by atoms with Crippen LogP contribution in [0.1, 0.15) is 12.6 Å². The van der Waals surface area contributed by atoms with E-state index in [1.54, 1.807) is 24.7 Å². The van der Waals surface area contributed by atoms with Gasteiger partial charge in [-0.1, -0.05) is 0 Å². The van der Waals surface area contributed by atoms with E-state index in [0.717, 1.165) is 5.69 Å². The number of hydrogen-bond acceptors (Lipinski definition) is 3. The lowest BCUT2D eigenvalue weighted by Gasteiger charge is -2.39. The van der Waals surface area contributed by atoms with Crippen molar-refractivity contribution in [3.05, 3.63) is 11.8 Å². The Kier molecular flexibility index (Phi) is 4.64. The fourth-order valence-electron chi connectivity index (χ4n) is 2.46. The highest BCUT2D eigenvalue weighted by atomic mass is 19.4. The highest BCUT2D eigenvalue weighted by Gasteiger charge is 2.36. The summed E-state index contributed by atoms with van der Waals surface area (Å²) in [5.74, 6) is 0.440. The van der Waals surface area contributed by atoms with Crippen molar-refractivity contribution in [1.82, 2.24) is 19.6 Å². The molecule has 2 amide bonds. The van der Waals surface area contributed by atoms with E-state index in [9.17, 15) is 18.0 Å². The molecule has 1 atom stereocenters. The van der Waals surface area contributed by atoms with E-state index in [1.807, 2.05) is 6.92 Å². The molecular formula is C13H20F3N5O. The number of piperazine rings is 1. The summed E-state index contributed by atoms with van der Waals surface area (Å²) < 4.78 is 39.0. The number of anilines is 1. The molecule has 1 saturated heterocycles. The summed E-state index contributed by atoms with van der Waals surface area (Å²) in [5.41, 5.74) is 0.902. The zero-order valence-corrected chi connectivity index (χ0v) is 12.8. The number of aromatic nitrogens is 2. The number of carbonyl (C=O) groups excluding carboxylic acids is 1. The topological polar surface area (TPSA) is 53.4 Å². The molecule has 0 bridgehead atoms. The van der Waals surface area contributed by atoms with Crippen molar-refractivity contribution in [3.8, 4) is 0 Å². The van der Waals surface area contributed by atoms with Crippen molar-refractivity contribution in [1.29, 1.82) is 0 Å². The van der Waals surface area contributed by atoms with E-state index in [2.05, 4.69) is 10.4 Å². The third kappa shape index (κ3) is 4.12. The molecule has 1 aliphatic heterocycles. The van der Waals surface area contributed by atoms with Crippen LogP contribution in [0, 0.1) is 6.92 Å². The number of nitrogens with one attached hydrogen (secondary N) is 1. The lowest BCUT2D eigenvalue weighted by Crippen LogP contribution is -2.56. The molecule has 2 heterocycles. The Balaban J connectivity index is 1.91. The third-order valence-electron chi connectivity index (χ3n) is 3.78. The first-order valence-corrected chi connectivity index (χ1v) is 7.03. The average Bonchev–Trinajstić information content (AvgIpc) is 2.69. The smallest absolute Gasteiger partial charge is 0.322 e. The van der Waals surface area contributed by atoms with Crippen LogP contribution in [0.25, 0.3) is 0 Å². The maximum absolute atomic E-state index is 12.5. The molecule has 1 N–H and O–H groups in total. The van der Waals surface area contributed by atoms with E-state index in [-0.39, 0.29) is 31.7 Å². The second kappa shape index (κ2) is 6.15. The minimum Gasteiger partial charge on any atom is -0.322 e. The number of hydrogen-bond donors (Lipinski definition) is 1. The molecule has 22 heavy (non-hydrogen) atoms. The maximum Gasteiger partial charge on any atom is 0.401 e. The van der Waals surface area contributed by atoms with Crippen LogP contribution in [0.2, 0.25) is 0 Å². The first-order chi connectivity index (χ1) is 10.2. The van der Waals surface area contributed by atoms with Crippen molar-refractivity contribution in [2.45, 2.75) is 26.1 Å². The summed E-state index contributed by atoms with van der Waals surface area (Å²) in [5, 5.41) is 6.80. The van der Waals surface area contributed by atoms with E-state index in [0.29, 0.717) is 5.82 Å². The lowest BCUT2D eigenvalue weighted by molar-refractivity contribution is -0.153. The van der Waals surface area contributed by atoms with Gasteiger partial charge in [-0.2, -0.15) is 18.3 Å².